The highest BCUT2D eigenvalue weighted by Gasteiger charge is 2.33. The number of ether oxygens (including phenoxy) is 1. The summed E-state index contributed by atoms with van der Waals surface area (Å²) in [5.74, 6) is 0.735. The second kappa shape index (κ2) is 5.97. The van der Waals surface area contributed by atoms with Gasteiger partial charge in [0, 0.05) is 6.04 Å². The van der Waals surface area contributed by atoms with Crippen molar-refractivity contribution in [1.82, 2.24) is 4.72 Å². The van der Waals surface area contributed by atoms with E-state index in [1.165, 1.54) is 0 Å². The number of benzene rings is 1. The Balaban J connectivity index is 2.15. The molecular weight excluding hydrogens is 286 g/mol. The molecule has 0 aromatic heterocycles. The Labute approximate surface area is 127 Å². The third-order valence-electron chi connectivity index (χ3n) is 4.05. The van der Waals surface area contributed by atoms with Crippen LogP contribution < -0.4 is 9.46 Å². The van der Waals surface area contributed by atoms with Crippen LogP contribution in [0.5, 0.6) is 5.75 Å². The van der Waals surface area contributed by atoms with Crippen molar-refractivity contribution in [3.63, 3.8) is 0 Å². The van der Waals surface area contributed by atoms with Crippen molar-refractivity contribution in [2.24, 2.45) is 5.41 Å². The first-order valence-corrected chi connectivity index (χ1v) is 8.97. The van der Waals surface area contributed by atoms with Crippen LogP contribution in [0.1, 0.15) is 45.6 Å². The topological polar surface area (TPSA) is 55.4 Å². The molecular formula is C16H25NO3S. The maximum Gasteiger partial charge on any atom is 0.240 e. The van der Waals surface area contributed by atoms with Gasteiger partial charge in [-0.15, -0.1) is 0 Å². The Morgan fingerprint density at radius 3 is 2.62 bits per heavy atom. The molecule has 1 atom stereocenters. The zero-order valence-electron chi connectivity index (χ0n) is 13.3. The molecule has 0 aliphatic heterocycles. The van der Waals surface area contributed by atoms with Crippen LogP contribution in [-0.2, 0) is 10.0 Å². The predicted molar refractivity (Wildman–Crippen MR) is 84.1 cm³/mol. The summed E-state index contributed by atoms with van der Waals surface area (Å²) in [6.45, 7) is 8.71. The fraction of sp³-hybridized carbons (Fsp3) is 0.625. The van der Waals surface area contributed by atoms with Crippen molar-refractivity contribution in [3.05, 3.63) is 23.8 Å². The van der Waals surface area contributed by atoms with E-state index in [0.717, 1.165) is 30.6 Å². The summed E-state index contributed by atoms with van der Waals surface area (Å²) >= 11 is 0. The van der Waals surface area contributed by atoms with Gasteiger partial charge in [0.05, 0.1) is 11.5 Å². The summed E-state index contributed by atoms with van der Waals surface area (Å²) in [4.78, 5) is 0.313. The van der Waals surface area contributed by atoms with E-state index in [0.29, 0.717) is 11.5 Å². The maximum atomic E-state index is 12.5. The van der Waals surface area contributed by atoms with Gasteiger partial charge in [-0.2, -0.15) is 0 Å². The van der Waals surface area contributed by atoms with Crippen molar-refractivity contribution in [2.75, 3.05) is 6.61 Å². The average Bonchev–Trinajstić information content (AvgIpc) is 2.70. The molecule has 2 rings (SSSR count). The van der Waals surface area contributed by atoms with E-state index >= 15 is 0 Å². The van der Waals surface area contributed by atoms with Gasteiger partial charge in [-0.1, -0.05) is 13.8 Å². The van der Waals surface area contributed by atoms with Crippen LogP contribution in [-0.4, -0.2) is 21.1 Å². The summed E-state index contributed by atoms with van der Waals surface area (Å²) in [6.07, 6.45) is 2.85. The Kier molecular flexibility index (Phi) is 4.63. The van der Waals surface area contributed by atoms with Gasteiger partial charge < -0.3 is 4.74 Å². The Morgan fingerprint density at radius 1 is 1.38 bits per heavy atom. The molecule has 1 aliphatic rings. The maximum absolute atomic E-state index is 12.5. The molecule has 5 heteroatoms. The fourth-order valence-corrected chi connectivity index (χ4v) is 4.29. The largest absolute Gasteiger partial charge is 0.494 e. The summed E-state index contributed by atoms with van der Waals surface area (Å²) < 4.78 is 33.2. The zero-order chi connectivity index (χ0) is 15.7. The summed E-state index contributed by atoms with van der Waals surface area (Å²) in [6, 6.07) is 5.05. The minimum absolute atomic E-state index is 0.0388. The SMILES string of the molecule is CCOc1ccc(S(=O)(=O)NC2CCC(C)(C)C2)cc1C. The van der Waals surface area contributed by atoms with Crippen molar-refractivity contribution >= 4 is 10.0 Å². The smallest absolute Gasteiger partial charge is 0.240 e. The highest BCUT2D eigenvalue weighted by Crippen LogP contribution is 2.37. The van der Waals surface area contributed by atoms with Gasteiger partial charge in [-0.3, -0.25) is 0 Å². The third-order valence-corrected chi connectivity index (χ3v) is 5.57. The van der Waals surface area contributed by atoms with Crippen LogP contribution in [0.2, 0.25) is 0 Å². The van der Waals surface area contributed by atoms with E-state index in [9.17, 15) is 8.42 Å². The van der Waals surface area contributed by atoms with Gasteiger partial charge in [0.15, 0.2) is 0 Å². The second-order valence-electron chi connectivity index (χ2n) is 6.59. The third kappa shape index (κ3) is 3.98. The normalized spacial score (nSPS) is 21.4. The molecule has 0 bridgehead atoms. The van der Waals surface area contributed by atoms with Crippen molar-refractivity contribution in [1.29, 1.82) is 0 Å². The molecule has 1 unspecified atom stereocenters. The van der Waals surface area contributed by atoms with Crippen LogP contribution in [0.15, 0.2) is 23.1 Å². The highest BCUT2D eigenvalue weighted by molar-refractivity contribution is 7.89. The van der Waals surface area contributed by atoms with Gasteiger partial charge in [0.25, 0.3) is 0 Å². The molecule has 118 valence electrons. The molecule has 1 fully saturated rings. The predicted octanol–water partition coefficient (Wildman–Crippen LogP) is 3.25. The molecule has 1 aliphatic carbocycles. The molecule has 0 spiro atoms. The molecule has 0 heterocycles. The second-order valence-corrected chi connectivity index (χ2v) is 8.30. The van der Waals surface area contributed by atoms with Crippen molar-refractivity contribution < 1.29 is 13.2 Å². The molecule has 1 N–H and O–H groups in total. The molecule has 1 saturated carbocycles. The molecule has 1 aromatic carbocycles. The number of hydrogen-bond acceptors (Lipinski definition) is 3. The standard InChI is InChI=1S/C16H25NO3S/c1-5-20-15-7-6-14(10-12(15)2)21(18,19)17-13-8-9-16(3,4)11-13/h6-7,10,13,17H,5,8-9,11H2,1-4H3. The summed E-state index contributed by atoms with van der Waals surface area (Å²) in [7, 11) is -3.45. The first-order valence-electron chi connectivity index (χ1n) is 7.49. The Hall–Kier alpha value is -1.07. The highest BCUT2D eigenvalue weighted by atomic mass is 32.2. The van der Waals surface area contributed by atoms with Crippen LogP contribution in [0.25, 0.3) is 0 Å². The van der Waals surface area contributed by atoms with Crippen LogP contribution >= 0.6 is 0 Å². The number of nitrogens with one attached hydrogen (secondary N) is 1. The number of rotatable bonds is 5. The Bertz CT molecular complexity index is 608. The van der Waals surface area contributed by atoms with Gasteiger partial charge in [-0.25, -0.2) is 13.1 Å². The van der Waals surface area contributed by atoms with Gasteiger partial charge in [0.2, 0.25) is 10.0 Å². The quantitative estimate of drug-likeness (QED) is 0.908. The summed E-state index contributed by atoms with van der Waals surface area (Å²) in [5.41, 5.74) is 1.06. The van der Waals surface area contributed by atoms with E-state index in [4.69, 9.17) is 4.74 Å². The lowest BCUT2D eigenvalue weighted by Crippen LogP contribution is -2.33. The lowest BCUT2D eigenvalue weighted by molar-refractivity contribution is 0.337. The first kappa shape index (κ1) is 16.3. The summed E-state index contributed by atoms with van der Waals surface area (Å²) in [5, 5.41) is 0. The number of aryl methyl sites for hydroxylation is 1. The van der Waals surface area contributed by atoms with Gasteiger partial charge in [0.1, 0.15) is 5.75 Å². The van der Waals surface area contributed by atoms with E-state index in [-0.39, 0.29) is 11.5 Å². The average molecular weight is 311 g/mol. The molecule has 21 heavy (non-hydrogen) atoms. The first-order chi connectivity index (χ1) is 9.73. The molecule has 0 saturated heterocycles. The van der Waals surface area contributed by atoms with E-state index in [1.807, 2.05) is 13.8 Å². The van der Waals surface area contributed by atoms with Crippen LogP contribution in [0.4, 0.5) is 0 Å². The monoisotopic (exact) mass is 311 g/mol. The number of hydrogen-bond donors (Lipinski definition) is 1. The van der Waals surface area contributed by atoms with Gasteiger partial charge in [-0.05, 0) is 62.3 Å². The molecule has 4 nitrogen and oxygen atoms in total. The van der Waals surface area contributed by atoms with Crippen LogP contribution in [0.3, 0.4) is 0 Å². The van der Waals surface area contributed by atoms with Gasteiger partial charge >= 0.3 is 0 Å². The van der Waals surface area contributed by atoms with Crippen LogP contribution in [0, 0.1) is 12.3 Å². The zero-order valence-corrected chi connectivity index (χ0v) is 14.1. The minimum Gasteiger partial charge on any atom is -0.494 e. The number of sulfonamides is 1. The molecule has 1 aromatic rings. The lowest BCUT2D eigenvalue weighted by atomic mass is 9.92. The minimum atomic E-state index is -3.45. The van der Waals surface area contributed by atoms with Crippen molar-refractivity contribution in [3.8, 4) is 5.75 Å². The molecule has 0 radical (unpaired) electrons. The van der Waals surface area contributed by atoms with E-state index in [1.54, 1.807) is 18.2 Å². The van der Waals surface area contributed by atoms with E-state index in [2.05, 4.69) is 18.6 Å². The van der Waals surface area contributed by atoms with E-state index < -0.39 is 10.0 Å². The molecule has 0 amide bonds. The lowest BCUT2D eigenvalue weighted by Gasteiger charge is -2.18. The Morgan fingerprint density at radius 2 is 2.10 bits per heavy atom. The fourth-order valence-electron chi connectivity index (χ4n) is 2.93. The van der Waals surface area contributed by atoms with Crippen molar-refractivity contribution in [2.45, 2.75) is 57.9 Å².